The fourth-order valence-corrected chi connectivity index (χ4v) is 2.50. The van der Waals surface area contributed by atoms with Gasteiger partial charge in [0, 0.05) is 18.3 Å². The van der Waals surface area contributed by atoms with Gasteiger partial charge in [0.25, 0.3) is 0 Å². The molecule has 4 nitrogen and oxygen atoms in total. The molecule has 4 heteroatoms. The third kappa shape index (κ3) is 3.30. The van der Waals surface area contributed by atoms with E-state index in [0.29, 0.717) is 6.04 Å². The van der Waals surface area contributed by atoms with E-state index in [-0.39, 0.29) is 0 Å². The van der Waals surface area contributed by atoms with Gasteiger partial charge in [-0.3, -0.25) is 5.10 Å². The number of hydrogen-bond acceptors (Lipinski definition) is 3. The minimum absolute atomic E-state index is 0.470. The second-order valence-corrected chi connectivity index (χ2v) is 5.05. The molecule has 17 heavy (non-hydrogen) atoms. The summed E-state index contributed by atoms with van der Waals surface area (Å²) in [5.41, 5.74) is 9.60. The molecule has 0 radical (unpaired) electrons. The molecule has 1 atom stereocenters. The Kier molecular flexibility index (Phi) is 4.57. The highest BCUT2D eigenvalue weighted by molar-refractivity contribution is 5.26. The zero-order valence-corrected chi connectivity index (χ0v) is 10.8. The fraction of sp³-hybridized carbons (Fsp3) is 0.769. The second-order valence-electron chi connectivity index (χ2n) is 5.05. The van der Waals surface area contributed by atoms with Gasteiger partial charge in [-0.25, -0.2) is 0 Å². The Morgan fingerprint density at radius 1 is 1.35 bits per heavy atom. The molecule has 0 aromatic carbocycles. The van der Waals surface area contributed by atoms with Crippen molar-refractivity contribution in [3.63, 3.8) is 0 Å². The summed E-state index contributed by atoms with van der Waals surface area (Å²) in [5.74, 6) is 0. The van der Waals surface area contributed by atoms with E-state index in [0.717, 1.165) is 19.5 Å². The van der Waals surface area contributed by atoms with Gasteiger partial charge in [0.05, 0.1) is 5.69 Å². The third-order valence-corrected chi connectivity index (χ3v) is 3.61. The van der Waals surface area contributed by atoms with Crippen LogP contribution in [0.2, 0.25) is 0 Å². The SMILES string of the molecule is CC(CCN)NCc1n[nH]c2c1CCCCC2. The van der Waals surface area contributed by atoms with Gasteiger partial charge in [-0.1, -0.05) is 6.42 Å². The average molecular weight is 236 g/mol. The van der Waals surface area contributed by atoms with Crippen molar-refractivity contribution in [3.8, 4) is 0 Å². The van der Waals surface area contributed by atoms with E-state index in [1.165, 1.54) is 49.1 Å². The number of aromatic amines is 1. The number of H-pyrrole nitrogens is 1. The van der Waals surface area contributed by atoms with E-state index in [4.69, 9.17) is 5.73 Å². The Balaban J connectivity index is 1.94. The lowest BCUT2D eigenvalue weighted by atomic mass is 10.1. The summed E-state index contributed by atoms with van der Waals surface area (Å²) in [6.07, 6.45) is 7.32. The standard InChI is InChI=1S/C13H24N4/c1-10(7-8-14)15-9-13-11-5-3-2-4-6-12(11)16-17-13/h10,15H,2-9,14H2,1H3,(H,16,17). The molecule has 1 aromatic rings. The van der Waals surface area contributed by atoms with Crippen molar-refractivity contribution < 1.29 is 0 Å². The summed E-state index contributed by atoms with van der Waals surface area (Å²) in [4.78, 5) is 0. The van der Waals surface area contributed by atoms with Crippen molar-refractivity contribution in [1.29, 1.82) is 0 Å². The van der Waals surface area contributed by atoms with Crippen LogP contribution in [-0.4, -0.2) is 22.8 Å². The third-order valence-electron chi connectivity index (χ3n) is 3.61. The molecule has 1 aliphatic rings. The van der Waals surface area contributed by atoms with E-state index >= 15 is 0 Å². The van der Waals surface area contributed by atoms with Crippen molar-refractivity contribution in [2.75, 3.05) is 6.54 Å². The number of fused-ring (bicyclic) bond motifs is 1. The monoisotopic (exact) mass is 236 g/mol. The van der Waals surface area contributed by atoms with Crippen molar-refractivity contribution in [3.05, 3.63) is 17.0 Å². The van der Waals surface area contributed by atoms with Crippen LogP contribution in [0, 0.1) is 0 Å². The number of nitrogens with one attached hydrogen (secondary N) is 2. The molecule has 1 aliphatic carbocycles. The number of nitrogens with zero attached hydrogens (tertiary/aromatic N) is 1. The second kappa shape index (κ2) is 6.17. The molecule has 2 rings (SSSR count). The maximum absolute atomic E-state index is 5.55. The zero-order valence-electron chi connectivity index (χ0n) is 10.8. The molecule has 0 fully saturated rings. The van der Waals surface area contributed by atoms with Crippen LogP contribution in [0.4, 0.5) is 0 Å². The Morgan fingerprint density at radius 3 is 3.00 bits per heavy atom. The summed E-state index contributed by atoms with van der Waals surface area (Å²) in [7, 11) is 0. The minimum Gasteiger partial charge on any atom is -0.330 e. The van der Waals surface area contributed by atoms with Crippen LogP contribution in [-0.2, 0) is 19.4 Å². The number of hydrogen-bond donors (Lipinski definition) is 3. The van der Waals surface area contributed by atoms with E-state index in [9.17, 15) is 0 Å². The largest absolute Gasteiger partial charge is 0.330 e. The summed E-state index contributed by atoms with van der Waals surface area (Å²) in [6.45, 7) is 3.79. The van der Waals surface area contributed by atoms with E-state index in [1.807, 2.05) is 0 Å². The first-order valence-electron chi connectivity index (χ1n) is 6.79. The van der Waals surface area contributed by atoms with Crippen molar-refractivity contribution in [2.24, 2.45) is 5.73 Å². The lowest BCUT2D eigenvalue weighted by Crippen LogP contribution is -2.28. The van der Waals surface area contributed by atoms with Gasteiger partial charge in [0.2, 0.25) is 0 Å². The van der Waals surface area contributed by atoms with Gasteiger partial charge in [-0.05, 0) is 51.1 Å². The van der Waals surface area contributed by atoms with Gasteiger partial charge >= 0.3 is 0 Å². The lowest BCUT2D eigenvalue weighted by molar-refractivity contribution is 0.513. The number of rotatable bonds is 5. The smallest absolute Gasteiger partial charge is 0.0794 e. The molecular formula is C13H24N4. The highest BCUT2D eigenvalue weighted by Gasteiger charge is 2.15. The molecule has 0 amide bonds. The molecule has 96 valence electrons. The van der Waals surface area contributed by atoms with E-state index in [1.54, 1.807) is 0 Å². The first-order valence-corrected chi connectivity index (χ1v) is 6.79. The molecular weight excluding hydrogens is 212 g/mol. The number of aromatic nitrogens is 2. The molecule has 1 unspecified atom stereocenters. The van der Waals surface area contributed by atoms with Crippen LogP contribution < -0.4 is 11.1 Å². The summed E-state index contributed by atoms with van der Waals surface area (Å²) in [5, 5.41) is 11.2. The predicted octanol–water partition coefficient (Wildman–Crippen LogP) is 1.51. The first kappa shape index (κ1) is 12.6. The van der Waals surface area contributed by atoms with Crippen LogP contribution in [0.5, 0.6) is 0 Å². The topological polar surface area (TPSA) is 66.7 Å². The quantitative estimate of drug-likeness (QED) is 0.679. The molecule has 1 heterocycles. The summed E-state index contributed by atoms with van der Waals surface area (Å²) >= 11 is 0. The highest BCUT2D eigenvalue weighted by Crippen LogP contribution is 2.21. The highest BCUT2D eigenvalue weighted by atomic mass is 15.1. The van der Waals surface area contributed by atoms with Crippen molar-refractivity contribution in [1.82, 2.24) is 15.5 Å². The van der Waals surface area contributed by atoms with E-state index in [2.05, 4.69) is 22.4 Å². The normalized spacial score (nSPS) is 17.5. The van der Waals surface area contributed by atoms with E-state index < -0.39 is 0 Å². The van der Waals surface area contributed by atoms with Gasteiger partial charge in [-0.2, -0.15) is 5.10 Å². The van der Waals surface area contributed by atoms with Gasteiger partial charge in [0.15, 0.2) is 0 Å². The first-order chi connectivity index (χ1) is 8.31. The van der Waals surface area contributed by atoms with Crippen LogP contribution >= 0.6 is 0 Å². The molecule has 0 saturated heterocycles. The molecule has 4 N–H and O–H groups in total. The summed E-state index contributed by atoms with van der Waals surface area (Å²) in [6, 6.07) is 0.470. The Hall–Kier alpha value is -0.870. The predicted molar refractivity (Wildman–Crippen MR) is 69.8 cm³/mol. The van der Waals surface area contributed by atoms with Gasteiger partial charge in [-0.15, -0.1) is 0 Å². The molecule has 0 spiro atoms. The Labute approximate surface area is 103 Å². The number of nitrogens with two attached hydrogens (primary N) is 1. The zero-order chi connectivity index (χ0) is 12.1. The average Bonchev–Trinajstić information content (AvgIpc) is 2.56. The van der Waals surface area contributed by atoms with Gasteiger partial charge < -0.3 is 11.1 Å². The molecule has 0 aliphatic heterocycles. The van der Waals surface area contributed by atoms with Gasteiger partial charge in [0.1, 0.15) is 0 Å². The number of aryl methyl sites for hydroxylation is 1. The molecule has 1 aromatic heterocycles. The Bertz CT molecular complexity index is 345. The fourth-order valence-electron chi connectivity index (χ4n) is 2.50. The Morgan fingerprint density at radius 2 is 2.18 bits per heavy atom. The summed E-state index contributed by atoms with van der Waals surface area (Å²) < 4.78 is 0. The van der Waals surface area contributed by atoms with Crippen LogP contribution in [0.3, 0.4) is 0 Å². The van der Waals surface area contributed by atoms with Crippen LogP contribution in [0.1, 0.15) is 49.6 Å². The van der Waals surface area contributed by atoms with Crippen LogP contribution in [0.25, 0.3) is 0 Å². The molecule has 0 bridgehead atoms. The van der Waals surface area contributed by atoms with Crippen molar-refractivity contribution >= 4 is 0 Å². The van der Waals surface area contributed by atoms with Crippen LogP contribution in [0.15, 0.2) is 0 Å². The maximum Gasteiger partial charge on any atom is 0.0794 e. The molecule has 0 saturated carbocycles. The minimum atomic E-state index is 0.470. The van der Waals surface area contributed by atoms with Crippen molar-refractivity contribution in [2.45, 2.75) is 58.0 Å². The lowest BCUT2D eigenvalue weighted by Gasteiger charge is -2.12. The maximum atomic E-state index is 5.55.